The molecule has 2 N–H and O–H groups in total. The highest BCUT2D eigenvalue weighted by Crippen LogP contribution is 2.24. The Kier molecular flexibility index (Phi) is 7.44. The fourth-order valence-electron chi connectivity index (χ4n) is 3.40. The highest BCUT2D eigenvalue weighted by atomic mass is 35.5. The third kappa shape index (κ3) is 6.16. The molecule has 0 atom stereocenters. The van der Waals surface area contributed by atoms with Crippen LogP contribution in [0.5, 0.6) is 0 Å². The molecule has 1 saturated heterocycles. The molecule has 0 radical (unpaired) electrons. The fraction of sp³-hybridized carbons (Fsp3) is 0.381. The lowest BCUT2D eigenvalue weighted by Gasteiger charge is -2.32. The van der Waals surface area contributed by atoms with Crippen LogP contribution in [0, 0.1) is 5.92 Å². The first-order valence-corrected chi connectivity index (χ1v) is 10.9. The van der Waals surface area contributed by atoms with Gasteiger partial charge in [0.15, 0.2) is 0 Å². The molecule has 1 heterocycles. The van der Waals surface area contributed by atoms with Gasteiger partial charge in [0.1, 0.15) is 0 Å². The lowest BCUT2D eigenvalue weighted by molar-refractivity contribution is 0.175. The number of carbonyl (C=O) groups excluding carboxylic acids is 1. The van der Waals surface area contributed by atoms with E-state index in [1.165, 1.54) is 10.5 Å². The summed E-state index contributed by atoms with van der Waals surface area (Å²) >= 11 is 7.75. The number of urea groups is 1. The van der Waals surface area contributed by atoms with Crippen molar-refractivity contribution in [2.45, 2.75) is 24.3 Å². The van der Waals surface area contributed by atoms with Gasteiger partial charge in [0.05, 0.1) is 0 Å². The summed E-state index contributed by atoms with van der Waals surface area (Å²) in [5.41, 5.74) is 2.12. The number of hydrogen-bond donors (Lipinski definition) is 2. The summed E-state index contributed by atoms with van der Waals surface area (Å²) < 4.78 is 0. The maximum atomic E-state index is 12.1. The second-order valence-corrected chi connectivity index (χ2v) is 8.16. The topological polar surface area (TPSA) is 44.4 Å². The van der Waals surface area contributed by atoms with Crippen LogP contribution in [-0.2, 0) is 6.54 Å². The zero-order valence-corrected chi connectivity index (χ0v) is 17.2. The lowest BCUT2D eigenvalue weighted by Crippen LogP contribution is -2.39. The normalized spacial score (nSPS) is 15.5. The van der Waals surface area contributed by atoms with Gasteiger partial charge in [-0.25, -0.2) is 4.79 Å². The number of likely N-dealkylation sites (tertiary alicyclic amines) is 1. The van der Waals surface area contributed by atoms with E-state index in [0.717, 1.165) is 32.5 Å². The molecule has 27 heavy (non-hydrogen) atoms. The van der Waals surface area contributed by atoms with Crippen LogP contribution in [0.1, 0.15) is 18.4 Å². The standard InChI is InChI=1S/C21H26ClN3OS/c1-27-20-8-3-2-5-17(20)15-25-11-9-16(10-12-25)14-23-21(26)24-19-7-4-6-18(22)13-19/h2-8,13,16H,9-12,14-15H2,1H3,(H2,23,24,26). The van der Waals surface area contributed by atoms with Gasteiger partial charge in [0.25, 0.3) is 0 Å². The molecule has 1 fully saturated rings. The van der Waals surface area contributed by atoms with Crippen LogP contribution in [0.2, 0.25) is 5.02 Å². The quantitative estimate of drug-likeness (QED) is 0.660. The van der Waals surface area contributed by atoms with Crippen molar-refractivity contribution in [1.29, 1.82) is 0 Å². The molecule has 0 bridgehead atoms. The predicted octanol–water partition coefficient (Wildman–Crippen LogP) is 5.10. The average molecular weight is 404 g/mol. The van der Waals surface area contributed by atoms with Crippen molar-refractivity contribution in [2.24, 2.45) is 5.92 Å². The lowest BCUT2D eigenvalue weighted by atomic mass is 9.96. The van der Waals surface area contributed by atoms with Crippen molar-refractivity contribution in [2.75, 3.05) is 31.2 Å². The number of piperidine rings is 1. The van der Waals surface area contributed by atoms with E-state index in [2.05, 4.69) is 46.1 Å². The van der Waals surface area contributed by atoms with E-state index in [0.29, 0.717) is 23.2 Å². The Morgan fingerprint density at radius 2 is 1.96 bits per heavy atom. The van der Waals surface area contributed by atoms with Crippen molar-refractivity contribution in [3.63, 3.8) is 0 Å². The summed E-state index contributed by atoms with van der Waals surface area (Å²) in [7, 11) is 0. The van der Waals surface area contributed by atoms with E-state index >= 15 is 0 Å². The van der Waals surface area contributed by atoms with Crippen molar-refractivity contribution in [1.82, 2.24) is 10.2 Å². The number of halogens is 1. The maximum absolute atomic E-state index is 12.1. The molecule has 2 aromatic rings. The Morgan fingerprint density at radius 3 is 2.70 bits per heavy atom. The molecule has 0 aliphatic carbocycles. The molecule has 0 saturated carbocycles. The number of benzene rings is 2. The van der Waals surface area contributed by atoms with Crippen LogP contribution in [0.25, 0.3) is 0 Å². The van der Waals surface area contributed by atoms with Crippen LogP contribution in [0.3, 0.4) is 0 Å². The molecule has 2 aromatic carbocycles. The molecule has 1 aliphatic heterocycles. The Labute approximate surface area is 170 Å². The second-order valence-electron chi connectivity index (χ2n) is 6.88. The third-order valence-electron chi connectivity index (χ3n) is 4.93. The monoisotopic (exact) mass is 403 g/mol. The predicted molar refractivity (Wildman–Crippen MR) is 115 cm³/mol. The first-order chi connectivity index (χ1) is 13.1. The number of rotatable bonds is 6. The van der Waals surface area contributed by atoms with E-state index in [1.807, 2.05) is 23.9 Å². The van der Waals surface area contributed by atoms with Crippen molar-refractivity contribution < 1.29 is 4.79 Å². The minimum Gasteiger partial charge on any atom is -0.338 e. The van der Waals surface area contributed by atoms with Crippen molar-refractivity contribution in [3.8, 4) is 0 Å². The van der Waals surface area contributed by atoms with Gasteiger partial charge >= 0.3 is 6.03 Å². The van der Waals surface area contributed by atoms with Crippen LogP contribution in [-0.4, -0.2) is 36.8 Å². The SMILES string of the molecule is CSc1ccccc1CN1CCC(CNC(=O)Nc2cccc(Cl)c2)CC1. The second kappa shape index (κ2) is 10.0. The van der Waals surface area contributed by atoms with Gasteiger partial charge in [-0.1, -0.05) is 35.9 Å². The average Bonchev–Trinajstić information content (AvgIpc) is 2.68. The number of hydrogen-bond acceptors (Lipinski definition) is 3. The number of nitrogens with zero attached hydrogens (tertiary/aromatic N) is 1. The first-order valence-electron chi connectivity index (χ1n) is 9.28. The van der Waals surface area contributed by atoms with Gasteiger partial charge in [-0.3, -0.25) is 4.90 Å². The van der Waals surface area contributed by atoms with Crippen molar-refractivity contribution >= 4 is 35.1 Å². The Balaban J connectivity index is 1.40. The van der Waals surface area contributed by atoms with Gasteiger partial charge in [-0.05, 0) is 67.9 Å². The molecule has 6 heteroatoms. The van der Waals surface area contributed by atoms with Gasteiger partial charge in [0, 0.05) is 28.7 Å². The number of anilines is 1. The third-order valence-corrected chi connectivity index (χ3v) is 6.00. The molecule has 1 aliphatic rings. The van der Waals surface area contributed by atoms with Crippen LogP contribution in [0.15, 0.2) is 53.4 Å². The van der Waals surface area contributed by atoms with Gasteiger partial charge in [-0.2, -0.15) is 0 Å². The molecular formula is C21H26ClN3OS. The van der Waals surface area contributed by atoms with Crippen molar-refractivity contribution in [3.05, 3.63) is 59.1 Å². The molecule has 144 valence electrons. The molecule has 2 amide bonds. The highest BCUT2D eigenvalue weighted by molar-refractivity contribution is 7.98. The molecule has 3 rings (SSSR count). The minimum atomic E-state index is -0.173. The minimum absolute atomic E-state index is 0.173. The number of nitrogens with one attached hydrogen (secondary N) is 2. The summed E-state index contributed by atoms with van der Waals surface area (Å²) in [6.45, 7) is 3.87. The van der Waals surface area contributed by atoms with Gasteiger partial charge in [0.2, 0.25) is 0 Å². The largest absolute Gasteiger partial charge is 0.338 e. The van der Waals surface area contributed by atoms with Gasteiger partial charge in [-0.15, -0.1) is 11.8 Å². The summed E-state index contributed by atoms with van der Waals surface area (Å²) in [5, 5.41) is 6.43. The number of carbonyl (C=O) groups is 1. The Morgan fingerprint density at radius 1 is 1.19 bits per heavy atom. The fourth-order valence-corrected chi connectivity index (χ4v) is 4.20. The summed E-state index contributed by atoms with van der Waals surface area (Å²) in [4.78, 5) is 15.9. The zero-order chi connectivity index (χ0) is 19.1. The molecular weight excluding hydrogens is 378 g/mol. The molecule has 0 unspecified atom stereocenters. The van der Waals surface area contributed by atoms with E-state index in [1.54, 1.807) is 12.1 Å². The first kappa shape index (κ1) is 20.1. The zero-order valence-electron chi connectivity index (χ0n) is 15.6. The summed E-state index contributed by atoms with van der Waals surface area (Å²) in [6, 6.07) is 15.6. The summed E-state index contributed by atoms with van der Waals surface area (Å²) in [6.07, 6.45) is 4.35. The highest BCUT2D eigenvalue weighted by Gasteiger charge is 2.20. The van der Waals surface area contributed by atoms with E-state index < -0.39 is 0 Å². The van der Waals surface area contributed by atoms with E-state index in [9.17, 15) is 4.79 Å². The number of amides is 2. The van der Waals surface area contributed by atoms with Gasteiger partial charge < -0.3 is 10.6 Å². The Bertz CT molecular complexity index is 763. The number of thioether (sulfide) groups is 1. The Hall–Kier alpha value is -1.69. The molecule has 0 spiro atoms. The molecule has 4 nitrogen and oxygen atoms in total. The van der Waals surface area contributed by atoms with Crippen LogP contribution < -0.4 is 10.6 Å². The smallest absolute Gasteiger partial charge is 0.319 e. The van der Waals surface area contributed by atoms with Crippen LogP contribution >= 0.6 is 23.4 Å². The van der Waals surface area contributed by atoms with E-state index in [-0.39, 0.29) is 6.03 Å². The molecule has 0 aromatic heterocycles. The van der Waals surface area contributed by atoms with E-state index in [4.69, 9.17) is 11.6 Å². The summed E-state index contributed by atoms with van der Waals surface area (Å²) in [5.74, 6) is 0.530. The maximum Gasteiger partial charge on any atom is 0.319 e. The van der Waals surface area contributed by atoms with Crippen LogP contribution in [0.4, 0.5) is 10.5 Å².